The highest BCUT2D eigenvalue weighted by atomic mass is 16.5. The van der Waals surface area contributed by atoms with Gasteiger partial charge in [-0.15, -0.1) is 0 Å². The molecule has 3 atom stereocenters. The largest absolute Gasteiger partial charge is 0.391 e. The number of amides is 1. The fourth-order valence-corrected chi connectivity index (χ4v) is 1.81. The second-order valence-electron chi connectivity index (χ2n) is 3.52. The summed E-state index contributed by atoms with van der Waals surface area (Å²) in [6.45, 7) is 2.00. The molecular weight excluding hydrogens is 188 g/mol. The summed E-state index contributed by atoms with van der Waals surface area (Å²) in [4.78, 5) is 12.7. The van der Waals surface area contributed by atoms with Crippen LogP contribution < -0.4 is 5.48 Å². The molecule has 1 saturated heterocycles. The third kappa shape index (κ3) is 2.21. The molecule has 0 aromatic carbocycles. The van der Waals surface area contributed by atoms with Crippen LogP contribution in [0.2, 0.25) is 0 Å². The second kappa shape index (κ2) is 4.70. The fraction of sp³-hybridized carbons (Fsp3) is 0.875. The highest BCUT2D eigenvalue weighted by Crippen LogP contribution is 2.19. The summed E-state index contributed by atoms with van der Waals surface area (Å²) in [6.07, 6.45) is -0.285. The van der Waals surface area contributed by atoms with E-state index < -0.39 is 24.3 Å². The molecule has 1 unspecified atom stereocenters. The zero-order chi connectivity index (χ0) is 10.7. The van der Waals surface area contributed by atoms with Crippen LogP contribution in [0.5, 0.6) is 0 Å². The van der Waals surface area contributed by atoms with E-state index in [1.54, 1.807) is 0 Å². The number of hydroxylamine groups is 1. The number of hydrogen-bond donors (Lipinski definition) is 4. The van der Waals surface area contributed by atoms with Crippen molar-refractivity contribution in [2.75, 3.05) is 6.54 Å². The Morgan fingerprint density at radius 2 is 2.29 bits per heavy atom. The summed E-state index contributed by atoms with van der Waals surface area (Å²) in [7, 11) is 0. The molecule has 1 fully saturated rings. The zero-order valence-corrected chi connectivity index (χ0v) is 8.05. The summed E-state index contributed by atoms with van der Waals surface area (Å²) in [5, 5.41) is 27.4. The lowest BCUT2D eigenvalue weighted by Gasteiger charge is -2.30. The van der Waals surface area contributed by atoms with Crippen molar-refractivity contribution in [2.24, 2.45) is 0 Å². The lowest BCUT2D eigenvalue weighted by atomic mass is 10.1. The normalized spacial score (nSPS) is 27.3. The van der Waals surface area contributed by atoms with Crippen molar-refractivity contribution in [1.29, 1.82) is 0 Å². The van der Waals surface area contributed by atoms with E-state index in [2.05, 4.69) is 0 Å². The van der Waals surface area contributed by atoms with Crippen molar-refractivity contribution in [3.05, 3.63) is 0 Å². The molecule has 4 N–H and O–H groups in total. The molecule has 0 saturated carbocycles. The Morgan fingerprint density at radius 3 is 2.64 bits per heavy atom. The van der Waals surface area contributed by atoms with Gasteiger partial charge in [0.25, 0.3) is 5.91 Å². The van der Waals surface area contributed by atoms with E-state index in [1.807, 2.05) is 0 Å². The average molecular weight is 204 g/mol. The van der Waals surface area contributed by atoms with E-state index >= 15 is 0 Å². The van der Waals surface area contributed by atoms with Crippen LogP contribution in [-0.2, 0) is 4.79 Å². The lowest BCUT2D eigenvalue weighted by Crippen LogP contribution is -2.53. The molecule has 0 aromatic heterocycles. The summed E-state index contributed by atoms with van der Waals surface area (Å²) in [6, 6.07) is -0.891. The topological polar surface area (TPSA) is 93.0 Å². The molecule has 82 valence electrons. The van der Waals surface area contributed by atoms with Crippen molar-refractivity contribution in [3.63, 3.8) is 0 Å². The highest BCUT2D eigenvalue weighted by Gasteiger charge is 2.36. The number of aliphatic hydroxyl groups excluding tert-OH is 2. The minimum absolute atomic E-state index is 0.546. The van der Waals surface area contributed by atoms with Crippen molar-refractivity contribution in [3.8, 4) is 0 Å². The first-order valence-corrected chi connectivity index (χ1v) is 4.63. The SMILES string of the molecule is C[C@@H](O)[C@@H](C(=O)NO)N1CCCC1O. The first kappa shape index (κ1) is 11.4. The van der Waals surface area contributed by atoms with Crippen LogP contribution in [0.25, 0.3) is 0 Å². The Hall–Kier alpha value is -0.690. The first-order valence-electron chi connectivity index (χ1n) is 4.63. The molecule has 1 amide bonds. The van der Waals surface area contributed by atoms with Gasteiger partial charge in [0, 0.05) is 6.54 Å². The first-order chi connectivity index (χ1) is 6.57. The number of likely N-dealkylation sites (tertiary alicyclic amines) is 1. The maximum Gasteiger partial charge on any atom is 0.263 e. The van der Waals surface area contributed by atoms with Gasteiger partial charge in [0.2, 0.25) is 0 Å². The van der Waals surface area contributed by atoms with Crippen LogP contribution in [0, 0.1) is 0 Å². The lowest BCUT2D eigenvalue weighted by molar-refractivity contribution is -0.143. The summed E-state index contributed by atoms with van der Waals surface area (Å²) in [5.41, 5.74) is 1.49. The van der Waals surface area contributed by atoms with Crippen LogP contribution in [-0.4, -0.2) is 51.1 Å². The molecule has 6 heteroatoms. The Bertz CT molecular complexity index is 210. The van der Waals surface area contributed by atoms with E-state index in [0.717, 1.165) is 6.42 Å². The molecule has 14 heavy (non-hydrogen) atoms. The molecule has 0 bridgehead atoms. The summed E-state index contributed by atoms with van der Waals surface area (Å²) >= 11 is 0. The van der Waals surface area contributed by atoms with Gasteiger partial charge in [0.05, 0.1) is 6.10 Å². The van der Waals surface area contributed by atoms with E-state index in [-0.39, 0.29) is 0 Å². The van der Waals surface area contributed by atoms with Gasteiger partial charge in [-0.05, 0) is 19.8 Å². The van der Waals surface area contributed by atoms with Gasteiger partial charge in [0.1, 0.15) is 12.3 Å². The number of hydrogen-bond acceptors (Lipinski definition) is 5. The number of aliphatic hydroxyl groups is 2. The number of rotatable bonds is 3. The second-order valence-corrected chi connectivity index (χ2v) is 3.52. The van der Waals surface area contributed by atoms with Crippen LogP contribution in [0.4, 0.5) is 0 Å². The number of carbonyl (C=O) groups excluding carboxylic acids is 1. The average Bonchev–Trinajstić information content (AvgIpc) is 2.52. The van der Waals surface area contributed by atoms with Crippen molar-refractivity contribution in [2.45, 2.75) is 38.1 Å². The van der Waals surface area contributed by atoms with Gasteiger partial charge >= 0.3 is 0 Å². The van der Waals surface area contributed by atoms with Crippen molar-refractivity contribution < 1.29 is 20.2 Å². The smallest absolute Gasteiger partial charge is 0.263 e. The van der Waals surface area contributed by atoms with Gasteiger partial charge in [0.15, 0.2) is 0 Å². The van der Waals surface area contributed by atoms with Gasteiger partial charge in [-0.1, -0.05) is 0 Å². The minimum atomic E-state index is -0.935. The maximum absolute atomic E-state index is 11.2. The molecule has 0 aliphatic carbocycles. The third-order valence-electron chi connectivity index (χ3n) is 2.45. The number of carbonyl (C=O) groups is 1. The predicted octanol–water partition coefficient (Wildman–Crippen LogP) is -1.34. The Morgan fingerprint density at radius 1 is 1.64 bits per heavy atom. The number of nitrogens with zero attached hydrogens (tertiary/aromatic N) is 1. The van der Waals surface area contributed by atoms with Crippen molar-refractivity contribution in [1.82, 2.24) is 10.4 Å². The molecule has 1 aliphatic heterocycles. The van der Waals surface area contributed by atoms with E-state index in [4.69, 9.17) is 5.21 Å². The molecule has 0 radical (unpaired) electrons. The fourth-order valence-electron chi connectivity index (χ4n) is 1.81. The third-order valence-corrected chi connectivity index (χ3v) is 2.45. The maximum atomic E-state index is 11.2. The molecule has 1 heterocycles. The molecular formula is C8H16N2O4. The molecule has 0 spiro atoms. The van der Waals surface area contributed by atoms with Crippen LogP contribution in [0.15, 0.2) is 0 Å². The molecule has 1 rings (SSSR count). The quantitative estimate of drug-likeness (QED) is 0.337. The van der Waals surface area contributed by atoms with Gasteiger partial charge < -0.3 is 10.2 Å². The van der Waals surface area contributed by atoms with Crippen LogP contribution >= 0.6 is 0 Å². The standard InChI is InChI=1S/C8H16N2O4/c1-5(11)7(8(13)9-14)10-4-2-3-6(10)12/h5-7,11-12,14H,2-4H2,1H3,(H,9,13)/t5-,6?,7+/m1/s1. The minimum Gasteiger partial charge on any atom is -0.391 e. The molecule has 6 nitrogen and oxygen atoms in total. The van der Waals surface area contributed by atoms with Crippen LogP contribution in [0.3, 0.4) is 0 Å². The Labute approximate surface area is 82.1 Å². The molecule has 1 aliphatic rings. The summed E-state index contributed by atoms with van der Waals surface area (Å²) in [5.74, 6) is -0.694. The molecule has 0 aromatic rings. The Kier molecular flexibility index (Phi) is 3.82. The van der Waals surface area contributed by atoms with Gasteiger partial charge in [-0.2, -0.15) is 0 Å². The highest BCUT2D eigenvalue weighted by molar-refractivity contribution is 5.81. The van der Waals surface area contributed by atoms with E-state index in [1.165, 1.54) is 17.3 Å². The van der Waals surface area contributed by atoms with E-state index in [0.29, 0.717) is 13.0 Å². The summed E-state index contributed by atoms with van der Waals surface area (Å²) < 4.78 is 0. The monoisotopic (exact) mass is 204 g/mol. The van der Waals surface area contributed by atoms with Gasteiger partial charge in [-0.25, -0.2) is 5.48 Å². The Balaban J connectivity index is 2.71. The van der Waals surface area contributed by atoms with Crippen molar-refractivity contribution >= 4 is 5.91 Å². The zero-order valence-electron chi connectivity index (χ0n) is 8.05. The van der Waals surface area contributed by atoms with Crippen LogP contribution in [0.1, 0.15) is 19.8 Å². The predicted molar refractivity (Wildman–Crippen MR) is 47.3 cm³/mol. The van der Waals surface area contributed by atoms with Gasteiger partial charge in [-0.3, -0.25) is 14.9 Å². The van der Waals surface area contributed by atoms with E-state index in [9.17, 15) is 15.0 Å². The number of nitrogens with one attached hydrogen (secondary N) is 1.